The molecule has 180 valence electrons. The molecule has 0 radical (unpaired) electrons. The minimum absolute atomic E-state index is 0.308. The molecule has 0 bridgehead atoms. The lowest BCUT2D eigenvalue weighted by Crippen LogP contribution is -2.43. The van der Waals surface area contributed by atoms with Gasteiger partial charge in [-0.05, 0) is 62.4 Å². The fourth-order valence-corrected chi connectivity index (χ4v) is 4.56. The van der Waals surface area contributed by atoms with Crippen molar-refractivity contribution in [2.24, 2.45) is 5.92 Å². The molecule has 4 amide bonds. The molecule has 2 aromatic carbocycles. The van der Waals surface area contributed by atoms with E-state index in [1.54, 1.807) is 6.92 Å². The Morgan fingerprint density at radius 2 is 1.65 bits per heavy atom. The number of benzene rings is 2. The molecule has 2 aromatic rings. The SMILES string of the molecule is Cc1ccc(C2(C)NC(=O)N(CC(=O)NCc3ccc(CN4CCC(C)CC4)cc3)C2=O)cc1. The van der Waals surface area contributed by atoms with Crippen molar-refractivity contribution in [2.75, 3.05) is 19.6 Å². The van der Waals surface area contributed by atoms with Crippen LogP contribution in [0.3, 0.4) is 0 Å². The van der Waals surface area contributed by atoms with Gasteiger partial charge >= 0.3 is 6.03 Å². The standard InChI is InChI=1S/C27H34N4O3/c1-19-4-10-23(11-5-19)27(3)25(33)31(26(34)29-27)18-24(32)28-16-21-6-8-22(9-7-21)17-30-14-12-20(2)13-15-30/h4-11,20H,12-18H2,1-3H3,(H,28,32)(H,29,34). The highest BCUT2D eigenvalue weighted by atomic mass is 16.2. The second-order valence-electron chi connectivity index (χ2n) is 9.86. The maximum atomic E-state index is 13.0. The quantitative estimate of drug-likeness (QED) is 0.619. The Morgan fingerprint density at radius 1 is 1.03 bits per heavy atom. The van der Waals surface area contributed by atoms with Crippen LogP contribution in [-0.4, -0.2) is 47.3 Å². The molecular formula is C27H34N4O3. The molecule has 0 spiro atoms. The van der Waals surface area contributed by atoms with E-state index >= 15 is 0 Å². The van der Waals surface area contributed by atoms with Crippen LogP contribution < -0.4 is 10.6 Å². The maximum absolute atomic E-state index is 13.0. The number of aryl methyl sites for hydroxylation is 1. The van der Waals surface area contributed by atoms with Gasteiger partial charge in [0.05, 0.1) is 0 Å². The molecule has 7 nitrogen and oxygen atoms in total. The molecule has 2 N–H and O–H groups in total. The van der Waals surface area contributed by atoms with E-state index in [0.29, 0.717) is 12.1 Å². The summed E-state index contributed by atoms with van der Waals surface area (Å²) in [6.07, 6.45) is 2.51. The van der Waals surface area contributed by atoms with E-state index in [1.165, 1.54) is 18.4 Å². The minimum atomic E-state index is -1.17. The highest BCUT2D eigenvalue weighted by molar-refractivity contribution is 6.09. The summed E-state index contributed by atoms with van der Waals surface area (Å²) in [7, 11) is 0. The lowest BCUT2D eigenvalue weighted by atomic mass is 9.91. The van der Waals surface area contributed by atoms with Crippen LogP contribution in [0.15, 0.2) is 48.5 Å². The van der Waals surface area contributed by atoms with E-state index in [-0.39, 0.29) is 12.5 Å². The molecule has 2 saturated heterocycles. The summed E-state index contributed by atoms with van der Waals surface area (Å²) in [6.45, 7) is 9.22. The fourth-order valence-electron chi connectivity index (χ4n) is 4.56. The molecule has 2 aliphatic heterocycles. The molecule has 34 heavy (non-hydrogen) atoms. The van der Waals surface area contributed by atoms with Gasteiger partial charge in [-0.1, -0.05) is 61.0 Å². The Kier molecular flexibility index (Phi) is 7.03. The summed E-state index contributed by atoms with van der Waals surface area (Å²) < 4.78 is 0. The molecule has 0 saturated carbocycles. The van der Waals surface area contributed by atoms with E-state index in [4.69, 9.17) is 0 Å². The van der Waals surface area contributed by atoms with E-state index in [2.05, 4.69) is 34.6 Å². The van der Waals surface area contributed by atoms with Crippen molar-refractivity contribution in [2.45, 2.75) is 52.2 Å². The highest BCUT2D eigenvalue weighted by Gasteiger charge is 2.49. The number of carbonyl (C=O) groups is 3. The topological polar surface area (TPSA) is 81.8 Å². The summed E-state index contributed by atoms with van der Waals surface area (Å²) in [5, 5.41) is 5.56. The zero-order valence-electron chi connectivity index (χ0n) is 20.3. The van der Waals surface area contributed by atoms with Gasteiger partial charge in [0, 0.05) is 13.1 Å². The first kappa shape index (κ1) is 24.0. The van der Waals surface area contributed by atoms with Crippen LogP contribution in [0.2, 0.25) is 0 Å². The van der Waals surface area contributed by atoms with Crippen molar-refractivity contribution in [3.63, 3.8) is 0 Å². The van der Waals surface area contributed by atoms with Gasteiger partial charge in [-0.25, -0.2) is 4.79 Å². The molecule has 7 heteroatoms. The van der Waals surface area contributed by atoms with Gasteiger partial charge in [-0.15, -0.1) is 0 Å². The van der Waals surface area contributed by atoms with Crippen molar-refractivity contribution >= 4 is 17.8 Å². The molecule has 0 aromatic heterocycles. The van der Waals surface area contributed by atoms with E-state index in [9.17, 15) is 14.4 Å². The zero-order chi connectivity index (χ0) is 24.3. The number of nitrogens with zero attached hydrogens (tertiary/aromatic N) is 2. The average molecular weight is 463 g/mol. The third-order valence-electron chi connectivity index (χ3n) is 7.00. The third-order valence-corrected chi connectivity index (χ3v) is 7.00. The maximum Gasteiger partial charge on any atom is 0.325 e. The fraction of sp³-hybridized carbons (Fsp3) is 0.444. The number of amides is 4. The van der Waals surface area contributed by atoms with Crippen molar-refractivity contribution in [3.8, 4) is 0 Å². The first-order chi connectivity index (χ1) is 16.2. The zero-order valence-corrected chi connectivity index (χ0v) is 20.3. The Morgan fingerprint density at radius 3 is 2.29 bits per heavy atom. The van der Waals surface area contributed by atoms with Crippen LogP contribution >= 0.6 is 0 Å². The van der Waals surface area contributed by atoms with Gasteiger partial charge in [0.25, 0.3) is 5.91 Å². The second kappa shape index (κ2) is 9.97. The van der Waals surface area contributed by atoms with Crippen LogP contribution in [0.5, 0.6) is 0 Å². The van der Waals surface area contributed by atoms with Crippen molar-refractivity contribution in [1.29, 1.82) is 0 Å². The van der Waals surface area contributed by atoms with Crippen molar-refractivity contribution in [1.82, 2.24) is 20.4 Å². The normalized spacial score (nSPS) is 21.6. The first-order valence-corrected chi connectivity index (χ1v) is 12.0. The largest absolute Gasteiger partial charge is 0.350 e. The summed E-state index contributed by atoms with van der Waals surface area (Å²) in [5.41, 5.74) is 2.83. The van der Waals surface area contributed by atoms with Gasteiger partial charge < -0.3 is 10.6 Å². The van der Waals surface area contributed by atoms with Crippen LogP contribution in [0, 0.1) is 12.8 Å². The van der Waals surface area contributed by atoms with E-state index in [1.807, 2.05) is 43.3 Å². The van der Waals surface area contributed by atoms with E-state index in [0.717, 1.165) is 41.6 Å². The molecule has 2 fully saturated rings. The Hall–Kier alpha value is -3.19. The number of piperidine rings is 1. The predicted molar refractivity (Wildman–Crippen MR) is 131 cm³/mol. The number of nitrogens with one attached hydrogen (secondary N) is 2. The molecule has 1 atom stereocenters. The average Bonchev–Trinajstić information content (AvgIpc) is 3.04. The van der Waals surface area contributed by atoms with Crippen molar-refractivity contribution < 1.29 is 14.4 Å². The van der Waals surface area contributed by atoms with Crippen molar-refractivity contribution in [3.05, 3.63) is 70.8 Å². The Balaban J connectivity index is 1.28. The Labute approximate surface area is 201 Å². The lowest BCUT2D eigenvalue weighted by molar-refractivity contribution is -0.134. The van der Waals surface area contributed by atoms with Gasteiger partial charge in [-0.3, -0.25) is 19.4 Å². The number of carbonyl (C=O) groups excluding carboxylic acids is 3. The summed E-state index contributed by atoms with van der Waals surface area (Å²) in [5.74, 6) is 0.0247. The highest BCUT2D eigenvalue weighted by Crippen LogP contribution is 2.28. The number of imide groups is 1. The predicted octanol–water partition coefficient (Wildman–Crippen LogP) is 3.31. The number of hydrogen-bond acceptors (Lipinski definition) is 4. The number of urea groups is 1. The number of likely N-dealkylation sites (tertiary alicyclic amines) is 1. The molecule has 1 unspecified atom stereocenters. The lowest BCUT2D eigenvalue weighted by Gasteiger charge is -2.30. The van der Waals surface area contributed by atoms with Gasteiger partial charge in [0.1, 0.15) is 12.1 Å². The monoisotopic (exact) mass is 462 g/mol. The molecule has 4 rings (SSSR count). The Bertz CT molecular complexity index is 1040. The summed E-state index contributed by atoms with van der Waals surface area (Å²) in [6, 6.07) is 15.1. The minimum Gasteiger partial charge on any atom is -0.350 e. The van der Waals surface area contributed by atoms with Crippen LogP contribution in [0.4, 0.5) is 4.79 Å². The van der Waals surface area contributed by atoms with Gasteiger partial charge in [0.2, 0.25) is 5.91 Å². The summed E-state index contributed by atoms with van der Waals surface area (Å²) in [4.78, 5) is 41.5. The molecule has 0 aliphatic carbocycles. The smallest absolute Gasteiger partial charge is 0.325 e. The molecular weight excluding hydrogens is 428 g/mol. The van der Waals surface area contributed by atoms with Crippen LogP contribution in [0.1, 0.15) is 48.9 Å². The number of rotatable bonds is 7. The van der Waals surface area contributed by atoms with Crippen LogP contribution in [-0.2, 0) is 28.2 Å². The van der Waals surface area contributed by atoms with Gasteiger partial charge in [-0.2, -0.15) is 0 Å². The van der Waals surface area contributed by atoms with Crippen LogP contribution in [0.25, 0.3) is 0 Å². The second-order valence-corrected chi connectivity index (χ2v) is 9.86. The van der Waals surface area contributed by atoms with Gasteiger partial charge in [0.15, 0.2) is 0 Å². The van der Waals surface area contributed by atoms with E-state index < -0.39 is 17.5 Å². The number of hydrogen-bond donors (Lipinski definition) is 2. The molecule has 2 aliphatic rings. The first-order valence-electron chi connectivity index (χ1n) is 12.0. The molecule has 2 heterocycles. The summed E-state index contributed by atoms with van der Waals surface area (Å²) >= 11 is 0. The third kappa shape index (κ3) is 5.30.